The Balaban J connectivity index is 1.58. The molecule has 0 radical (unpaired) electrons. The molecular formula is C23H19FN4. The van der Waals surface area contributed by atoms with E-state index in [2.05, 4.69) is 27.9 Å². The summed E-state index contributed by atoms with van der Waals surface area (Å²) in [6.07, 6.45) is 3.27. The Morgan fingerprint density at radius 2 is 1.96 bits per heavy atom. The molecule has 3 N–H and O–H groups in total. The van der Waals surface area contributed by atoms with Crippen LogP contribution in [-0.2, 0) is 6.54 Å². The van der Waals surface area contributed by atoms with Gasteiger partial charge in [0.25, 0.3) is 0 Å². The van der Waals surface area contributed by atoms with E-state index in [4.69, 9.17) is 5.73 Å². The molecule has 4 aromatic rings. The molecule has 0 spiro atoms. The molecule has 0 unspecified atom stereocenters. The Kier molecular flexibility index (Phi) is 4.72. The minimum atomic E-state index is -0.328. The van der Waals surface area contributed by atoms with Crippen molar-refractivity contribution in [3.05, 3.63) is 90.4 Å². The van der Waals surface area contributed by atoms with Crippen LogP contribution in [0.15, 0.2) is 73.4 Å². The first kappa shape index (κ1) is 17.7. The van der Waals surface area contributed by atoms with E-state index < -0.39 is 0 Å². The quantitative estimate of drug-likeness (QED) is 0.502. The number of hydrogen-bond donors (Lipinski definition) is 2. The predicted octanol–water partition coefficient (Wildman–Crippen LogP) is 5.27. The summed E-state index contributed by atoms with van der Waals surface area (Å²) in [7, 11) is 0. The molecule has 4 rings (SSSR count). The number of nitrogens with one attached hydrogen (secondary N) is 1. The molecule has 0 atom stereocenters. The van der Waals surface area contributed by atoms with Crippen LogP contribution in [0.2, 0.25) is 0 Å². The number of aromatic nitrogens is 2. The molecule has 0 saturated heterocycles. The highest BCUT2D eigenvalue weighted by Gasteiger charge is 2.08. The van der Waals surface area contributed by atoms with Gasteiger partial charge >= 0.3 is 0 Å². The normalized spacial score (nSPS) is 10.8. The highest BCUT2D eigenvalue weighted by molar-refractivity contribution is 5.79. The van der Waals surface area contributed by atoms with Crippen molar-refractivity contribution in [1.82, 2.24) is 9.97 Å². The Morgan fingerprint density at radius 1 is 1.07 bits per heavy atom. The van der Waals surface area contributed by atoms with Crippen LogP contribution in [-0.4, -0.2) is 9.97 Å². The van der Waals surface area contributed by atoms with Crippen LogP contribution in [0.5, 0.6) is 0 Å². The summed E-state index contributed by atoms with van der Waals surface area (Å²) < 4.78 is 14.1. The standard InChI is InChI=1S/C23H19FN4/c1-2-16-6-7-18(13-19(16)24)22-10-8-20(25)23(28-22)27-14-15-5-9-21-17(12-15)4-3-11-26-21/h2-13H,1,14,25H2,(H,27,28). The molecule has 4 nitrogen and oxygen atoms in total. The van der Waals surface area contributed by atoms with Crippen LogP contribution >= 0.6 is 0 Å². The molecule has 28 heavy (non-hydrogen) atoms. The van der Waals surface area contributed by atoms with Gasteiger partial charge in [0, 0.05) is 29.3 Å². The van der Waals surface area contributed by atoms with Crippen LogP contribution in [0, 0.1) is 5.82 Å². The molecule has 0 fully saturated rings. The lowest BCUT2D eigenvalue weighted by atomic mass is 10.1. The maximum Gasteiger partial charge on any atom is 0.150 e. The summed E-state index contributed by atoms with van der Waals surface area (Å²) in [5.41, 5.74) is 10.4. The molecule has 0 amide bonds. The third-order valence-corrected chi connectivity index (χ3v) is 4.57. The van der Waals surface area contributed by atoms with Crippen molar-refractivity contribution in [2.75, 3.05) is 11.1 Å². The molecule has 0 aliphatic heterocycles. The van der Waals surface area contributed by atoms with Crippen molar-refractivity contribution in [3.8, 4) is 11.3 Å². The van der Waals surface area contributed by atoms with E-state index in [0.29, 0.717) is 34.9 Å². The van der Waals surface area contributed by atoms with Crippen LogP contribution in [0.4, 0.5) is 15.9 Å². The fourth-order valence-corrected chi connectivity index (χ4v) is 3.05. The van der Waals surface area contributed by atoms with Crippen molar-refractivity contribution in [2.24, 2.45) is 0 Å². The van der Waals surface area contributed by atoms with E-state index >= 15 is 0 Å². The number of benzene rings is 2. The number of nitrogens with zero attached hydrogens (tertiary/aromatic N) is 2. The number of halogens is 1. The summed E-state index contributed by atoms with van der Waals surface area (Å²) in [6.45, 7) is 4.17. The Labute approximate surface area is 162 Å². The van der Waals surface area contributed by atoms with Gasteiger partial charge in [0.1, 0.15) is 11.6 Å². The van der Waals surface area contributed by atoms with Crippen LogP contribution in [0.1, 0.15) is 11.1 Å². The molecule has 2 aromatic carbocycles. The van der Waals surface area contributed by atoms with Gasteiger partial charge in [-0.3, -0.25) is 4.98 Å². The molecule has 138 valence electrons. The zero-order chi connectivity index (χ0) is 19.5. The molecule has 0 bridgehead atoms. The summed E-state index contributed by atoms with van der Waals surface area (Å²) in [6, 6.07) is 18.5. The van der Waals surface area contributed by atoms with Gasteiger partial charge < -0.3 is 11.1 Å². The molecule has 0 saturated carbocycles. The second-order valence-corrected chi connectivity index (χ2v) is 6.46. The lowest BCUT2D eigenvalue weighted by Gasteiger charge is -2.11. The van der Waals surface area contributed by atoms with Gasteiger partial charge in [-0.1, -0.05) is 36.9 Å². The zero-order valence-corrected chi connectivity index (χ0v) is 15.2. The third kappa shape index (κ3) is 3.55. The number of pyridine rings is 2. The zero-order valence-electron chi connectivity index (χ0n) is 15.2. The first-order valence-corrected chi connectivity index (χ1v) is 8.90. The largest absolute Gasteiger partial charge is 0.396 e. The van der Waals surface area contributed by atoms with Crippen LogP contribution in [0.3, 0.4) is 0 Å². The summed E-state index contributed by atoms with van der Waals surface area (Å²) >= 11 is 0. The summed E-state index contributed by atoms with van der Waals surface area (Å²) in [5, 5.41) is 4.35. The SMILES string of the molecule is C=Cc1ccc(-c2ccc(N)c(NCc3ccc4ncccc4c3)n2)cc1F. The summed E-state index contributed by atoms with van der Waals surface area (Å²) in [5.74, 6) is 0.238. The minimum Gasteiger partial charge on any atom is -0.396 e. The fraction of sp³-hybridized carbons (Fsp3) is 0.0435. The van der Waals surface area contributed by atoms with Crippen molar-refractivity contribution in [2.45, 2.75) is 6.54 Å². The Hall–Kier alpha value is -3.73. The molecule has 5 heteroatoms. The molecule has 2 heterocycles. The fourth-order valence-electron chi connectivity index (χ4n) is 3.05. The molecular weight excluding hydrogens is 351 g/mol. The van der Waals surface area contributed by atoms with Gasteiger partial charge in [0.15, 0.2) is 0 Å². The van der Waals surface area contributed by atoms with E-state index in [9.17, 15) is 4.39 Å². The smallest absolute Gasteiger partial charge is 0.150 e. The van der Waals surface area contributed by atoms with E-state index in [0.717, 1.165) is 16.5 Å². The van der Waals surface area contributed by atoms with Crippen LogP contribution in [0.25, 0.3) is 28.2 Å². The van der Waals surface area contributed by atoms with Crippen molar-refractivity contribution in [1.29, 1.82) is 0 Å². The number of rotatable bonds is 5. The maximum atomic E-state index is 14.1. The average Bonchev–Trinajstić information content (AvgIpc) is 2.73. The average molecular weight is 370 g/mol. The van der Waals surface area contributed by atoms with E-state index in [1.807, 2.05) is 30.3 Å². The summed E-state index contributed by atoms with van der Waals surface area (Å²) in [4.78, 5) is 8.91. The second-order valence-electron chi connectivity index (χ2n) is 6.46. The lowest BCUT2D eigenvalue weighted by molar-refractivity contribution is 0.625. The van der Waals surface area contributed by atoms with Crippen molar-refractivity contribution in [3.63, 3.8) is 0 Å². The topological polar surface area (TPSA) is 63.8 Å². The minimum absolute atomic E-state index is 0.328. The molecule has 0 aliphatic carbocycles. The lowest BCUT2D eigenvalue weighted by Crippen LogP contribution is -2.05. The predicted molar refractivity (Wildman–Crippen MR) is 113 cm³/mol. The third-order valence-electron chi connectivity index (χ3n) is 4.57. The van der Waals surface area contributed by atoms with Gasteiger partial charge in [-0.2, -0.15) is 0 Å². The highest BCUT2D eigenvalue weighted by Crippen LogP contribution is 2.26. The van der Waals surface area contributed by atoms with Gasteiger partial charge in [0.05, 0.1) is 16.9 Å². The molecule has 2 aromatic heterocycles. The molecule has 0 aliphatic rings. The number of hydrogen-bond acceptors (Lipinski definition) is 4. The Bertz CT molecular complexity index is 1170. The first-order valence-electron chi connectivity index (χ1n) is 8.90. The van der Waals surface area contributed by atoms with Crippen molar-refractivity contribution < 1.29 is 4.39 Å². The highest BCUT2D eigenvalue weighted by atomic mass is 19.1. The number of nitrogen functional groups attached to an aromatic ring is 1. The van der Waals surface area contributed by atoms with Gasteiger partial charge in [-0.15, -0.1) is 0 Å². The monoisotopic (exact) mass is 370 g/mol. The van der Waals surface area contributed by atoms with Gasteiger partial charge in [0.2, 0.25) is 0 Å². The van der Waals surface area contributed by atoms with Gasteiger partial charge in [-0.05, 0) is 42.0 Å². The van der Waals surface area contributed by atoms with E-state index in [1.54, 1.807) is 24.4 Å². The first-order chi connectivity index (χ1) is 13.6. The Morgan fingerprint density at radius 3 is 2.79 bits per heavy atom. The van der Waals surface area contributed by atoms with E-state index in [1.165, 1.54) is 12.1 Å². The van der Waals surface area contributed by atoms with E-state index in [-0.39, 0.29) is 5.82 Å². The van der Waals surface area contributed by atoms with Crippen LogP contribution < -0.4 is 11.1 Å². The number of fused-ring (bicyclic) bond motifs is 1. The van der Waals surface area contributed by atoms with Gasteiger partial charge in [-0.25, -0.2) is 9.37 Å². The number of anilines is 2. The van der Waals surface area contributed by atoms with Crippen molar-refractivity contribution >= 4 is 28.5 Å². The number of nitrogens with two attached hydrogens (primary N) is 1. The maximum absolute atomic E-state index is 14.1. The second kappa shape index (κ2) is 7.48.